The van der Waals surface area contributed by atoms with Crippen molar-refractivity contribution in [3.8, 4) is 0 Å². The number of nitrogen functional groups attached to an aromatic ring is 1. The number of amides is 1. The van der Waals surface area contributed by atoms with E-state index in [1.165, 1.54) is 0 Å². The molecule has 2 aromatic rings. The molecule has 0 unspecified atom stereocenters. The number of carbonyl (C=O) groups is 1. The lowest BCUT2D eigenvalue weighted by molar-refractivity contribution is 0.0954. The van der Waals surface area contributed by atoms with Gasteiger partial charge in [-0.2, -0.15) is 0 Å². The van der Waals surface area contributed by atoms with Gasteiger partial charge in [-0.25, -0.2) is 5.84 Å². The predicted molar refractivity (Wildman–Crippen MR) is 70.0 cm³/mol. The summed E-state index contributed by atoms with van der Waals surface area (Å²) in [6, 6.07) is 7.74. The molecule has 3 N–H and O–H groups in total. The van der Waals surface area contributed by atoms with Crippen molar-refractivity contribution in [1.82, 2.24) is 10.4 Å². The average Bonchev–Trinajstić information content (AvgIpc) is 2.44. The van der Waals surface area contributed by atoms with Crippen LogP contribution in [0.2, 0.25) is 0 Å². The number of fused-ring (bicyclic) bond motifs is 2. The van der Waals surface area contributed by atoms with Crippen LogP contribution in [0.25, 0.3) is 10.9 Å². The first kappa shape index (κ1) is 11.2. The quantitative estimate of drug-likeness (QED) is 0.454. The van der Waals surface area contributed by atoms with E-state index in [0.717, 1.165) is 47.8 Å². The third kappa shape index (κ3) is 1.66. The van der Waals surface area contributed by atoms with E-state index in [4.69, 9.17) is 5.84 Å². The molecule has 1 aliphatic rings. The minimum absolute atomic E-state index is 0.216. The second-order valence-electron chi connectivity index (χ2n) is 4.61. The number of para-hydroxylation sites is 1. The van der Waals surface area contributed by atoms with Crippen molar-refractivity contribution in [2.75, 3.05) is 0 Å². The zero-order valence-electron chi connectivity index (χ0n) is 10.1. The van der Waals surface area contributed by atoms with Crippen molar-refractivity contribution in [3.05, 3.63) is 41.1 Å². The Bertz CT molecular complexity index is 622. The molecule has 0 aliphatic heterocycles. The first-order valence-electron chi connectivity index (χ1n) is 6.22. The van der Waals surface area contributed by atoms with Crippen LogP contribution < -0.4 is 11.3 Å². The molecule has 1 aliphatic carbocycles. The summed E-state index contributed by atoms with van der Waals surface area (Å²) in [7, 11) is 0. The highest BCUT2D eigenvalue weighted by molar-refractivity contribution is 6.07. The zero-order valence-corrected chi connectivity index (χ0v) is 10.1. The number of aromatic nitrogens is 1. The van der Waals surface area contributed by atoms with E-state index >= 15 is 0 Å². The summed E-state index contributed by atoms with van der Waals surface area (Å²) >= 11 is 0. The maximum absolute atomic E-state index is 12.0. The van der Waals surface area contributed by atoms with Crippen LogP contribution in [0.4, 0.5) is 0 Å². The number of rotatable bonds is 1. The van der Waals surface area contributed by atoms with Crippen LogP contribution in [-0.2, 0) is 12.8 Å². The van der Waals surface area contributed by atoms with Gasteiger partial charge >= 0.3 is 0 Å². The maximum atomic E-state index is 12.0. The van der Waals surface area contributed by atoms with Gasteiger partial charge in [0.2, 0.25) is 0 Å². The molecule has 0 fully saturated rings. The largest absolute Gasteiger partial charge is 0.290 e. The second-order valence-corrected chi connectivity index (χ2v) is 4.61. The standard InChI is InChI=1S/C14H15N3O/c15-17-14(18)13-9-5-1-3-7-11(9)16-12-8-4-2-6-10(12)13/h1,3,5,7H,2,4,6,8,15H2,(H,17,18). The Labute approximate surface area is 105 Å². The van der Waals surface area contributed by atoms with Crippen LogP contribution in [0.3, 0.4) is 0 Å². The van der Waals surface area contributed by atoms with Crippen molar-refractivity contribution >= 4 is 16.8 Å². The molecular formula is C14H15N3O. The van der Waals surface area contributed by atoms with Crippen LogP contribution in [-0.4, -0.2) is 10.9 Å². The molecule has 1 aromatic heterocycles. The van der Waals surface area contributed by atoms with Gasteiger partial charge in [0.15, 0.2) is 0 Å². The van der Waals surface area contributed by atoms with Crippen molar-refractivity contribution < 1.29 is 4.79 Å². The van der Waals surface area contributed by atoms with Gasteiger partial charge in [-0.1, -0.05) is 18.2 Å². The molecule has 0 saturated carbocycles. The van der Waals surface area contributed by atoms with Gasteiger partial charge in [-0.15, -0.1) is 0 Å². The molecule has 0 saturated heterocycles. The Balaban J connectivity index is 2.36. The third-order valence-electron chi connectivity index (χ3n) is 3.53. The molecule has 3 rings (SSSR count). The van der Waals surface area contributed by atoms with E-state index in [9.17, 15) is 4.79 Å². The SMILES string of the molecule is NNC(=O)c1c2c(nc3ccccc13)CCCC2. The molecule has 4 heteroatoms. The number of nitrogens with one attached hydrogen (secondary N) is 1. The molecule has 18 heavy (non-hydrogen) atoms. The Morgan fingerprint density at radius 2 is 2.00 bits per heavy atom. The highest BCUT2D eigenvalue weighted by Gasteiger charge is 2.21. The second kappa shape index (κ2) is 4.38. The topological polar surface area (TPSA) is 68.0 Å². The lowest BCUT2D eigenvalue weighted by Crippen LogP contribution is -2.32. The number of aryl methyl sites for hydroxylation is 1. The number of hydrazine groups is 1. The molecule has 1 heterocycles. The van der Waals surface area contributed by atoms with Gasteiger partial charge in [0.1, 0.15) is 0 Å². The van der Waals surface area contributed by atoms with Crippen LogP contribution in [0.5, 0.6) is 0 Å². The van der Waals surface area contributed by atoms with E-state index in [2.05, 4.69) is 10.4 Å². The summed E-state index contributed by atoms with van der Waals surface area (Å²) in [4.78, 5) is 16.7. The lowest BCUT2D eigenvalue weighted by atomic mass is 9.89. The summed E-state index contributed by atoms with van der Waals surface area (Å²) in [6.07, 6.45) is 4.11. The minimum Gasteiger partial charge on any atom is -0.290 e. The molecule has 0 radical (unpaired) electrons. The smallest absolute Gasteiger partial charge is 0.266 e. The van der Waals surface area contributed by atoms with E-state index in [1.54, 1.807) is 0 Å². The molecule has 0 spiro atoms. The first-order chi connectivity index (χ1) is 8.81. The van der Waals surface area contributed by atoms with Gasteiger partial charge in [0, 0.05) is 11.1 Å². The van der Waals surface area contributed by atoms with Crippen molar-refractivity contribution in [1.29, 1.82) is 0 Å². The zero-order chi connectivity index (χ0) is 12.5. The van der Waals surface area contributed by atoms with Crippen LogP contribution in [0.1, 0.15) is 34.5 Å². The van der Waals surface area contributed by atoms with E-state index in [0.29, 0.717) is 5.56 Å². The van der Waals surface area contributed by atoms with Crippen molar-refractivity contribution in [2.24, 2.45) is 5.84 Å². The summed E-state index contributed by atoms with van der Waals surface area (Å²) in [6.45, 7) is 0. The van der Waals surface area contributed by atoms with Gasteiger partial charge < -0.3 is 0 Å². The molecule has 0 bridgehead atoms. The summed E-state index contributed by atoms with van der Waals surface area (Å²) in [5.41, 5.74) is 5.96. The number of hydrogen-bond acceptors (Lipinski definition) is 3. The van der Waals surface area contributed by atoms with Crippen LogP contribution >= 0.6 is 0 Å². The number of benzene rings is 1. The fourth-order valence-corrected chi connectivity index (χ4v) is 2.70. The van der Waals surface area contributed by atoms with E-state index in [1.807, 2.05) is 24.3 Å². The van der Waals surface area contributed by atoms with Crippen LogP contribution in [0.15, 0.2) is 24.3 Å². The van der Waals surface area contributed by atoms with Gasteiger partial charge in [0.05, 0.1) is 11.1 Å². The van der Waals surface area contributed by atoms with Crippen molar-refractivity contribution in [2.45, 2.75) is 25.7 Å². The Morgan fingerprint density at radius 1 is 1.22 bits per heavy atom. The number of nitrogens with two attached hydrogens (primary N) is 1. The predicted octanol–water partition coefficient (Wildman–Crippen LogP) is 1.72. The fraction of sp³-hybridized carbons (Fsp3) is 0.286. The number of pyridine rings is 1. The summed E-state index contributed by atoms with van der Waals surface area (Å²) in [5, 5.41) is 0.890. The molecule has 92 valence electrons. The lowest BCUT2D eigenvalue weighted by Gasteiger charge is -2.19. The number of nitrogens with zero attached hydrogens (tertiary/aromatic N) is 1. The summed E-state index contributed by atoms with van der Waals surface area (Å²) < 4.78 is 0. The molecule has 0 atom stereocenters. The Hall–Kier alpha value is -1.94. The minimum atomic E-state index is -0.216. The molecule has 1 amide bonds. The Kier molecular flexibility index (Phi) is 2.72. The fourth-order valence-electron chi connectivity index (χ4n) is 2.70. The van der Waals surface area contributed by atoms with E-state index < -0.39 is 0 Å². The van der Waals surface area contributed by atoms with Gasteiger partial charge in [-0.05, 0) is 37.3 Å². The number of carbonyl (C=O) groups excluding carboxylic acids is 1. The van der Waals surface area contributed by atoms with Gasteiger partial charge in [0.25, 0.3) is 5.91 Å². The Morgan fingerprint density at radius 3 is 2.83 bits per heavy atom. The van der Waals surface area contributed by atoms with E-state index in [-0.39, 0.29) is 5.91 Å². The monoisotopic (exact) mass is 241 g/mol. The molecule has 1 aromatic carbocycles. The number of hydrogen-bond donors (Lipinski definition) is 2. The maximum Gasteiger partial charge on any atom is 0.266 e. The third-order valence-corrected chi connectivity index (χ3v) is 3.53. The van der Waals surface area contributed by atoms with Gasteiger partial charge in [-0.3, -0.25) is 15.2 Å². The first-order valence-corrected chi connectivity index (χ1v) is 6.22. The summed E-state index contributed by atoms with van der Waals surface area (Å²) in [5.74, 6) is 5.09. The van der Waals surface area contributed by atoms with Crippen molar-refractivity contribution in [3.63, 3.8) is 0 Å². The highest BCUT2D eigenvalue weighted by atomic mass is 16.2. The normalized spacial score (nSPS) is 14.3. The highest BCUT2D eigenvalue weighted by Crippen LogP contribution is 2.28. The molecular weight excluding hydrogens is 226 g/mol. The average molecular weight is 241 g/mol. The molecule has 4 nitrogen and oxygen atoms in total. The van der Waals surface area contributed by atoms with Crippen LogP contribution in [0, 0.1) is 0 Å².